The predicted octanol–water partition coefficient (Wildman–Crippen LogP) is 1.97. The second-order valence-corrected chi connectivity index (χ2v) is 6.99. The minimum atomic E-state index is -3.65. The van der Waals surface area contributed by atoms with Gasteiger partial charge >= 0.3 is 0 Å². The van der Waals surface area contributed by atoms with Crippen molar-refractivity contribution in [2.24, 2.45) is 0 Å². The Morgan fingerprint density at radius 3 is 2.65 bits per heavy atom. The zero-order valence-electron chi connectivity index (χ0n) is 11.6. The first-order chi connectivity index (χ1) is 9.36. The van der Waals surface area contributed by atoms with E-state index in [1.54, 1.807) is 0 Å². The Morgan fingerprint density at radius 2 is 2.05 bits per heavy atom. The summed E-state index contributed by atoms with van der Waals surface area (Å²) in [4.78, 5) is 0.0372. The molecule has 1 heterocycles. The van der Waals surface area contributed by atoms with Gasteiger partial charge in [-0.25, -0.2) is 12.8 Å². The zero-order valence-corrected chi connectivity index (χ0v) is 12.4. The molecule has 0 fully saturated rings. The number of halogens is 1. The highest BCUT2D eigenvalue weighted by atomic mass is 32.2. The van der Waals surface area contributed by atoms with Crippen molar-refractivity contribution in [2.45, 2.75) is 31.8 Å². The molecule has 1 N–H and O–H groups in total. The van der Waals surface area contributed by atoms with E-state index in [1.165, 1.54) is 23.4 Å². The maximum atomic E-state index is 13.7. The van der Waals surface area contributed by atoms with E-state index in [0.717, 1.165) is 5.57 Å². The van der Waals surface area contributed by atoms with Crippen molar-refractivity contribution in [3.63, 3.8) is 0 Å². The van der Waals surface area contributed by atoms with E-state index in [-0.39, 0.29) is 16.0 Å². The van der Waals surface area contributed by atoms with Crippen molar-refractivity contribution in [1.29, 1.82) is 0 Å². The molecule has 4 nitrogen and oxygen atoms in total. The molecule has 0 saturated heterocycles. The second-order valence-electron chi connectivity index (χ2n) is 5.05. The van der Waals surface area contributed by atoms with Gasteiger partial charge in [0.2, 0.25) is 10.0 Å². The van der Waals surface area contributed by atoms with Crippen molar-refractivity contribution in [1.82, 2.24) is 4.31 Å². The SMILES string of the molecule is CC1=CCCN(S(=O)(=O)c2cc(C)c(F)c(CO)c2)C1. The van der Waals surface area contributed by atoms with Gasteiger partial charge in [-0.1, -0.05) is 11.6 Å². The van der Waals surface area contributed by atoms with Crippen LogP contribution in [0.1, 0.15) is 24.5 Å². The van der Waals surface area contributed by atoms with Crippen LogP contribution in [0.5, 0.6) is 0 Å². The van der Waals surface area contributed by atoms with Crippen LogP contribution in [0.4, 0.5) is 4.39 Å². The number of aliphatic hydroxyl groups is 1. The molecule has 1 aliphatic heterocycles. The number of hydrogen-bond acceptors (Lipinski definition) is 3. The fraction of sp³-hybridized carbons (Fsp3) is 0.429. The van der Waals surface area contributed by atoms with Crippen molar-refractivity contribution < 1.29 is 17.9 Å². The van der Waals surface area contributed by atoms with Crippen LogP contribution >= 0.6 is 0 Å². The Balaban J connectivity index is 2.44. The highest BCUT2D eigenvalue weighted by Gasteiger charge is 2.27. The summed E-state index contributed by atoms with van der Waals surface area (Å²) >= 11 is 0. The summed E-state index contributed by atoms with van der Waals surface area (Å²) in [5.74, 6) is -0.554. The summed E-state index contributed by atoms with van der Waals surface area (Å²) in [6.45, 7) is 3.64. The molecule has 0 spiro atoms. The highest BCUT2D eigenvalue weighted by Crippen LogP contribution is 2.24. The number of rotatable bonds is 3. The molecule has 0 saturated carbocycles. The van der Waals surface area contributed by atoms with Crippen molar-refractivity contribution in [2.75, 3.05) is 13.1 Å². The summed E-state index contributed by atoms with van der Waals surface area (Å²) in [7, 11) is -3.65. The molecule has 20 heavy (non-hydrogen) atoms. The molecule has 1 aromatic carbocycles. The van der Waals surface area contributed by atoms with Gasteiger partial charge in [-0.3, -0.25) is 0 Å². The number of benzene rings is 1. The van der Waals surface area contributed by atoms with Gasteiger partial charge in [0.25, 0.3) is 0 Å². The summed E-state index contributed by atoms with van der Waals surface area (Å²) in [6.07, 6.45) is 2.69. The van der Waals surface area contributed by atoms with Gasteiger partial charge in [0.15, 0.2) is 0 Å². The number of nitrogens with zero attached hydrogens (tertiary/aromatic N) is 1. The van der Waals surface area contributed by atoms with E-state index in [2.05, 4.69) is 0 Å². The van der Waals surface area contributed by atoms with Crippen molar-refractivity contribution >= 4 is 10.0 Å². The molecule has 0 unspecified atom stereocenters. The molecule has 6 heteroatoms. The second kappa shape index (κ2) is 5.63. The van der Waals surface area contributed by atoms with Crippen LogP contribution in [0.3, 0.4) is 0 Å². The fourth-order valence-corrected chi connectivity index (χ4v) is 3.94. The third-order valence-electron chi connectivity index (χ3n) is 3.41. The van der Waals surface area contributed by atoms with Crippen LogP contribution in [0, 0.1) is 12.7 Å². The molecule has 110 valence electrons. The Bertz CT molecular complexity index is 653. The molecule has 0 radical (unpaired) electrons. The Hall–Kier alpha value is -1.24. The van der Waals surface area contributed by atoms with Crippen LogP contribution in [0.2, 0.25) is 0 Å². The lowest BCUT2D eigenvalue weighted by molar-refractivity contribution is 0.275. The van der Waals surface area contributed by atoms with Crippen LogP contribution in [-0.2, 0) is 16.6 Å². The molecule has 0 amide bonds. The van der Waals surface area contributed by atoms with E-state index in [9.17, 15) is 12.8 Å². The van der Waals surface area contributed by atoms with Crippen LogP contribution < -0.4 is 0 Å². The monoisotopic (exact) mass is 299 g/mol. The smallest absolute Gasteiger partial charge is 0.243 e. The summed E-state index contributed by atoms with van der Waals surface area (Å²) in [5, 5.41) is 9.13. The molecular weight excluding hydrogens is 281 g/mol. The normalized spacial score (nSPS) is 17.1. The zero-order chi connectivity index (χ0) is 14.9. The Kier molecular flexibility index (Phi) is 4.27. The van der Waals surface area contributed by atoms with Gasteiger partial charge in [-0.05, 0) is 38.0 Å². The third-order valence-corrected chi connectivity index (χ3v) is 5.23. The van der Waals surface area contributed by atoms with Crippen molar-refractivity contribution in [3.05, 3.63) is 40.7 Å². The fourth-order valence-electron chi connectivity index (χ4n) is 2.30. The lowest BCUT2D eigenvalue weighted by atomic mass is 10.1. The summed E-state index contributed by atoms with van der Waals surface area (Å²) in [6, 6.07) is 2.53. The largest absolute Gasteiger partial charge is 0.392 e. The Morgan fingerprint density at radius 1 is 1.35 bits per heavy atom. The first-order valence-electron chi connectivity index (χ1n) is 6.42. The van der Waals surface area contributed by atoms with Crippen LogP contribution in [0.15, 0.2) is 28.7 Å². The van der Waals surface area contributed by atoms with Gasteiger partial charge < -0.3 is 5.11 Å². The minimum Gasteiger partial charge on any atom is -0.392 e. The number of aryl methyl sites for hydroxylation is 1. The molecule has 0 atom stereocenters. The minimum absolute atomic E-state index is 0.00727. The van der Waals surface area contributed by atoms with Gasteiger partial charge in [-0.2, -0.15) is 4.31 Å². The highest BCUT2D eigenvalue weighted by molar-refractivity contribution is 7.89. The van der Waals surface area contributed by atoms with Crippen molar-refractivity contribution in [3.8, 4) is 0 Å². The molecular formula is C14H18FNO3S. The number of aliphatic hydroxyl groups excluding tert-OH is 1. The quantitative estimate of drug-likeness (QED) is 0.868. The van der Waals surface area contributed by atoms with Crippen LogP contribution in [-0.4, -0.2) is 30.9 Å². The van der Waals surface area contributed by atoms with E-state index in [4.69, 9.17) is 5.11 Å². The van der Waals surface area contributed by atoms with E-state index >= 15 is 0 Å². The number of hydrogen-bond donors (Lipinski definition) is 1. The first kappa shape index (κ1) is 15.2. The lowest BCUT2D eigenvalue weighted by Gasteiger charge is -2.25. The molecule has 0 aromatic heterocycles. The molecule has 1 aromatic rings. The molecule has 0 bridgehead atoms. The topological polar surface area (TPSA) is 57.6 Å². The maximum absolute atomic E-state index is 13.7. The molecule has 2 rings (SSSR count). The first-order valence-corrected chi connectivity index (χ1v) is 7.86. The third kappa shape index (κ3) is 2.77. The molecule has 0 aliphatic carbocycles. The van der Waals surface area contributed by atoms with E-state index in [1.807, 2.05) is 13.0 Å². The van der Waals surface area contributed by atoms with Gasteiger partial charge in [0.1, 0.15) is 5.82 Å². The average molecular weight is 299 g/mol. The summed E-state index contributed by atoms with van der Waals surface area (Å²) < 4.78 is 40.2. The lowest BCUT2D eigenvalue weighted by Crippen LogP contribution is -2.35. The standard InChI is InChI=1S/C14H18FNO3S/c1-10-4-3-5-16(8-10)20(18,19)13-6-11(2)14(15)12(7-13)9-17/h4,6-7,17H,3,5,8-9H2,1-2H3. The Labute approximate surface area is 118 Å². The van der Waals surface area contributed by atoms with Crippen LogP contribution in [0.25, 0.3) is 0 Å². The summed E-state index contributed by atoms with van der Waals surface area (Å²) in [5.41, 5.74) is 1.23. The van der Waals surface area contributed by atoms with Gasteiger partial charge in [0, 0.05) is 18.7 Å². The van der Waals surface area contributed by atoms with Gasteiger partial charge in [0.05, 0.1) is 11.5 Å². The number of sulfonamides is 1. The predicted molar refractivity (Wildman–Crippen MR) is 74.2 cm³/mol. The van der Waals surface area contributed by atoms with Gasteiger partial charge in [-0.15, -0.1) is 0 Å². The average Bonchev–Trinajstić information content (AvgIpc) is 2.41. The molecule has 1 aliphatic rings. The van der Waals surface area contributed by atoms with E-state index in [0.29, 0.717) is 19.5 Å². The maximum Gasteiger partial charge on any atom is 0.243 e. The van der Waals surface area contributed by atoms with E-state index < -0.39 is 22.4 Å².